The van der Waals surface area contributed by atoms with E-state index >= 15 is 0 Å². The number of pyridine rings is 1. The number of piperidine rings is 1. The number of rotatable bonds is 5. The first-order valence-electron chi connectivity index (χ1n) is 8.71. The zero-order valence-electron chi connectivity index (χ0n) is 14.8. The molecule has 0 bridgehead atoms. The zero-order chi connectivity index (χ0) is 17.5. The van der Waals surface area contributed by atoms with Gasteiger partial charge in [-0.3, -0.25) is 9.98 Å². The van der Waals surface area contributed by atoms with Crippen LogP contribution in [0.3, 0.4) is 0 Å². The van der Waals surface area contributed by atoms with Gasteiger partial charge in [0.2, 0.25) is 0 Å². The standard InChI is InChI=1S/C17H24N6O2.HI/c1-2-18-17(23-11-7-13(24)8-12-23)20-10-6-15-21-16(25-22-15)14-5-3-4-9-19-14;/h3-5,9,13,24H,2,6-8,10-12H2,1H3,(H,18,20);1H. The van der Waals surface area contributed by atoms with Crippen LogP contribution >= 0.6 is 24.0 Å². The normalized spacial score (nSPS) is 15.6. The molecule has 0 atom stereocenters. The Balaban J connectivity index is 0.00000243. The summed E-state index contributed by atoms with van der Waals surface area (Å²) in [5.41, 5.74) is 0.671. The molecule has 0 spiro atoms. The van der Waals surface area contributed by atoms with Crippen molar-refractivity contribution >= 4 is 29.9 Å². The van der Waals surface area contributed by atoms with Gasteiger partial charge in [-0.05, 0) is 31.9 Å². The molecule has 0 aliphatic carbocycles. The van der Waals surface area contributed by atoms with Crippen molar-refractivity contribution in [1.82, 2.24) is 25.3 Å². The molecule has 2 aromatic heterocycles. The summed E-state index contributed by atoms with van der Waals surface area (Å²) in [7, 11) is 0. The highest BCUT2D eigenvalue weighted by Crippen LogP contribution is 2.13. The summed E-state index contributed by atoms with van der Waals surface area (Å²) in [5.74, 6) is 1.92. The summed E-state index contributed by atoms with van der Waals surface area (Å²) in [5, 5.41) is 16.9. The maximum absolute atomic E-state index is 9.64. The summed E-state index contributed by atoms with van der Waals surface area (Å²) in [6.45, 7) is 5.07. The predicted molar refractivity (Wildman–Crippen MR) is 109 cm³/mol. The number of guanidine groups is 1. The number of hydrogen-bond donors (Lipinski definition) is 2. The van der Waals surface area contributed by atoms with E-state index in [9.17, 15) is 5.11 Å². The molecule has 2 N–H and O–H groups in total. The fourth-order valence-corrected chi connectivity index (χ4v) is 2.71. The van der Waals surface area contributed by atoms with Crippen LogP contribution in [0.1, 0.15) is 25.6 Å². The van der Waals surface area contributed by atoms with Gasteiger partial charge in [-0.2, -0.15) is 4.98 Å². The van der Waals surface area contributed by atoms with E-state index in [4.69, 9.17) is 4.52 Å². The number of nitrogens with one attached hydrogen (secondary N) is 1. The van der Waals surface area contributed by atoms with E-state index in [0.717, 1.165) is 38.4 Å². The van der Waals surface area contributed by atoms with Crippen molar-refractivity contribution in [2.45, 2.75) is 32.3 Å². The summed E-state index contributed by atoms with van der Waals surface area (Å²) in [4.78, 5) is 15.4. The SMILES string of the molecule is CCNC(=NCCc1noc(-c2ccccn2)n1)N1CCC(O)CC1.I. The highest BCUT2D eigenvalue weighted by Gasteiger charge is 2.19. The van der Waals surface area contributed by atoms with Crippen LogP contribution in [-0.2, 0) is 6.42 Å². The van der Waals surface area contributed by atoms with Crippen molar-refractivity contribution in [2.24, 2.45) is 4.99 Å². The van der Waals surface area contributed by atoms with E-state index in [-0.39, 0.29) is 30.1 Å². The lowest BCUT2D eigenvalue weighted by atomic mass is 10.1. The number of likely N-dealkylation sites (tertiary alicyclic amines) is 1. The lowest BCUT2D eigenvalue weighted by Crippen LogP contribution is -2.46. The second kappa shape index (κ2) is 10.4. The summed E-state index contributed by atoms with van der Waals surface area (Å²) < 4.78 is 5.26. The van der Waals surface area contributed by atoms with Crippen LogP contribution < -0.4 is 5.32 Å². The first kappa shape index (κ1) is 20.6. The van der Waals surface area contributed by atoms with Crippen molar-refractivity contribution in [3.05, 3.63) is 30.2 Å². The Labute approximate surface area is 170 Å². The predicted octanol–water partition coefficient (Wildman–Crippen LogP) is 1.71. The number of aliphatic hydroxyl groups excluding tert-OH is 1. The average molecular weight is 472 g/mol. The lowest BCUT2D eigenvalue weighted by molar-refractivity contribution is 0.108. The largest absolute Gasteiger partial charge is 0.393 e. The number of nitrogens with zero attached hydrogens (tertiary/aromatic N) is 5. The minimum Gasteiger partial charge on any atom is -0.393 e. The molecule has 8 nitrogen and oxygen atoms in total. The monoisotopic (exact) mass is 472 g/mol. The average Bonchev–Trinajstić information content (AvgIpc) is 3.11. The number of hydrogen-bond acceptors (Lipinski definition) is 6. The van der Waals surface area contributed by atoms with Crippen molar-refractivity contribution < 1.29 is 9.63 Å². The Bertz CT molecular complexity index is 686. The fraction of sp³-hybridized carbons (Fsp3) is 0.529. The van der Waals surface area contributed by atoms with E-state index in [2.05, 4.69) is 30.3 Å². The van der Waals surface area contributed by atoms with Gasteiger partial charge in [-0.1, -0.05) is 11.2 Å². The number of aromatic nitrogens is 3. The second-order valence-electron chi connectivity index (χ2n) is 5.93. The van der Waals surface area contributed by atoms with Crippen LogP contribution in [-0.4, -0.2) is 63.4 Å². The molecule has 9 heteroatoms. The highest BCUT2D eigenvalue weighted by molar-refractivity contribution is 14.0. The Morgan fingerprint density at radius 2 is 2.19 bits per heavy atom. The van der Waals surface area contributed by atoms with Gasteiger partial charge in [-0.15, -0.1) is 24.0 Å². The maximum atomic E-state index is 9.64. The summed E-state index contributed by atoms with van der Waals surface area (Å²) >= 11 is 0. The van der Waals surface area contributed by atoms with Crippen molar-refractivity contribution in [1.29, 1.82) is 0 Å². The van der Waals surface area contributed by atoms with E-state index in [0.29, 0.717) is 30.4 Å². The van der Waals surface area contributed by atoms with E-state index in [1.807, 2.05) is 25.1 Å². The van der Waals surface area contributed by atoms with Crippen molar-refractivity contribution in [3.8, 4) is 11.6 Å². The molecular formula is C17H25IN6O2. The third-order valence-electron chi connectivity index (χ3n) is 4.05. The molecule has 142 valence electrons. The van der Waals surface area contributed by atoms with Gasteiger partial charge in [0, 0.05) is 38.8 Å². The van der Waals surface area contributed by atoms with Crippen molar-refractivity contribution in [3.63, 3.8) is 0 Å². The molecule has 26 heavy (non-hydrogen) atoms. The number of halogens is 1. The Kier molecular flexibility index (Phi) is 8.23. The van der Waals surface area contributed by atoms with Gasteiger partial charge >= 0.3 is 0 Å². The van der Waals surface area contributed by atoms with Gasteiger partial charge in [0.1, 0.15) is 5.69 Å². The van der Waals surface area contributed by atoms with Gasteiger partial charge < -0.3 is 19.8 Å². The molecule has 0 aromatic carbocycles. The van der Waals surface area contributed by atoms with Gasteiger partial charge in [0.15, 0.2) is 11.8 Å². The molecule has 2 aromatic rings. The van der Waals surface area contributed by atoms with E-state index in [1.54, 1.807) is 6.20 Å². The third kappa shape index (κ3) is 5.63. The number of aliphatic hydroxyl groups is 1. The molecule has 1 aliphatic rings. The molecule has 1 saturated heterocycles. The summed E-state index contributed by atoms with van der Waals surface area (Å²) in [6.07, 6.45) is 3.66. The first-order chi connectivity index (χ1) is 12.3. The molecule has 1 fully saturated rings. The van der Waals surface area contributed by atoms with Crippen LogP contribution in [0.25, 0.3) is 11.6 Å². The zero-order valence-corrected chi connectivity index (χ0v) is 17.2. The highest BCUT2D eigenvalue weighted by atomic mass is 127. The van der Waals surface area contributed by atoms with Crippen LogP contribution in [0, 0.1) is 0 Å². The molecule has 0 unspecified atom stereocenters. The fourth-order valence-electron chi connectivity index (χ4n) is 2.71. The molecule has 3 rings (SSSR count). The molecule has 0 amide bonds. The van der Waals surface area contributed by atoms with Gasteiger partial charge in [-0.25, -0.2) is 0 Å². The van der Waals surface area contributed by atoms with E-state index in [1.165, 1.54) is 0 Å². The maximum Gasteiger partial charge on any atom is 0.276 e. The second-order valence-corrected chi connectivity index (χ2v) is 5.93. The Morgan fingerprint density at radius 3 is 2.88 bits per heavy atom. The minimum atomic E-state index is -0.191. The van der Waals surface area contributed by atoms with Crippen molar-refractivity contribution in [2.75, 3.05) is 26.2 Å². The van der Waals surface area contributed by atoms with Crippen LogP contribution in [0.15, 0.2) is 33.9 Å². The molecular weight excluding hydrogens is 447 g/mol. The van der Waals surface area contributed by atoms with Crippen LogP contribution in [0.2, 0.25) is 0 Å². The number of aliphatic imine (C=N–C) groups is 1. The first-order valence-corrected chi connectivity index (χ1v) is 8.71. The Morgan fingerprint density at radius 1 is 1.38 bits per heavy atom. The lowest BCUT2D eigenvalue weighted by Gasteiger charge is -2.32. The molecule has 0 radical (unpaired) electrons. The van der Waals surface area contributed by atoms with Gasteiger partial charge in [0.05, 0.1) is 6.10 Å². The smallest absolute Gasteiger partial charge is 0.276 e. The topological polar surface area (TPSA) is 99.7 Å². The van der Waals surface area contributed by atoms with Crippen LogP contribution in [0.5, 0.6) is 0 Å². The molecule has 3 heterocycles. The minimum absolute atomic E-state index is 0. The Hall–Kier alpha value is -1.75. The quantitative estimate of drug-likeness (QED) is 0.389. The van der Waals surface area contributed by atoms with Crippen LogP contribution in [0.4, 0.5) is 0 Å². The summed E-state index contributed by atoms with van der Waals surface area (Å²) in [6, 6.07) is 5.57. The van der Waals surface area contributed by atoms with Gasteiger partial charge in [0.25, 0.3) is 5.89 Å². The molecule has 0 saturated carbocycles. The van der Waals surface area contributed by atoms with E-state index < -0.39 is 0 Å². The third-order valence-corrected chi connectivity index (χ3v) is 4.05. The molecule has 1 aliphatic heterocycles.